The van der Waals surface area contributed by atoms with Gasteiger partial charge in [0.1, 0.15) is 0 Å². The largest absolute Gasteiger partial charge is 0.355 e. The van der Waals surface area contributed by atoms with Crippen molar-refractivity contribution in [2.24, 2.45) is 0 Å². The van der Waals surface area contributed by atoms with Crippen molar-refractivity contribution in [3.8, 4) is 0 Å². The van der Waals surface area contributed by atoms with Gasteiger partial charge in [-0.2, -0.15) is 0 Å². The molecule has 3 heterocycles. The van der Waals surface area contributed by atoms with Gasteiger partial charge in [0.05, 0.1) is 21.1 Å². The molecule has 1 atom stereocenters. The van der Waals surface area contributed by atoms with Gasteiger partial charge in [0.15, 0.2) is 5.82 Å². The number of nitrogens with zero attached hydrogens (tertiary/aromatic N) is 5. The maximum Gasteiger partial charge on any atom is 0.230 e. The van der Waals surface area contributed by atoms with E-state index >= 15 is 0 Å². The van der Waals surface area contributed by atoms with Crippen LogP contribution in [0.2, 0.25) is 0 Å². The summed E-state index contributed by atoms with van der Waals surface area (Å²) < 4.78 is 2.94. The van der Waals surface area contributed by atoms with Crippen LogP contribution in [0.5, 0.6) is 0 Å². The van der Waals surface area contributed by atoms with Gasteiger partial charge in [-0.15, -0.1) is 16.4 Å². The maximum absolute atomic E-state index is 12.5. The smallest absolute Gasteiger partial charge is 0.230 e. The van der Waals surface area contributed by atoms with E-state index in [1.54, 1.807) is 16.0 Å². The monoisotopic (exact) mass is 342 g/mol. The third-order valence-corrected chi connectivity index (χ3v) is 5.37. The van der Waals surface area contributed by atoms with Gasteiger partial charge in [-0.05, 0) is 35.4 Å². The Morgan fingerprint density at radius 1 is 1.33 bits per heavy atom. The standard InChI is InChI=1S/C16H18N6OS/c23-16(11-5-3-4-10-22-15(11)19-20-21-22)17-9-8-14-18-12-6-1-2-7-13(12)24-14/h1-2,6-7,11H,3-5,8-10H2,(H,17,23). The number of thiazole rings is 1. The van der Waals surface area contributed by atoms with Crippen molar-refractivity contribution in [3.63, 3.8) is 0 Å². The minimum Gasteiger partial charge on any atom is -0.355 e. The Balaban J connectivity index is 1.38. The molecule has 1 amide bonds. The molecule has 1 unspecified atom stereocenters. The van der Waals surface area contributed by atoms with Crippen LogP contribution in [0.4, 0.5) is 0 Å². The van der Waals surface area contributed by atoms with E-state index in [0.717, 1.165) is 42.8 Å². The lowest BCUT2D eigenvalue weighted by atomic mass is 10.0. The number of benzene rings is 1. The number of nitrogens with one attached hydrogen (secondary N) is 1. The summed E-state index contributed by atoms with van der Waals surface area (Å²) in [5, 5.41) is 15.8. The van der Waals surface area contributed by atoms with Crippen molar-refractivity contribution >= 4 is 27.5 Å². The van der Waals surface area contributed by atoms with Crippen LogP contribution >= 0.6 is 11.3 Å². The van der Waals surface area contributed by atoms with Gasteiger partial charge in [-0.25, -0.2) is 9.67 Å². The number of carbonyl (C=O) groups is 1. The maximum atomic E-state index is 12.5. The summed E-state index contributed by atoms with van der Waals surface area (Å²) >= 11 is 1.68. The quantitative estimate of drug-likeness (QED) is 0.783. The summed E-state index contributed by atoms with van der Waals surface area (Å²) in [5.41, 5.74) is 1.02. The second kappa shape index (κ2) is 6.64. The summed E-state index contributed by atoms with van der Waals surface area (Å²) in [5.74, 6) is 0.442. The van der Waals surface area contributed by atoms with Crippen LogP contribution in [0.3, 0.4) is 0 Å². The number of fused-ring (bicyclic) bond motifs is 2. The van der Waals surface area contributed by atoms with Crippen LogP contribution < -0.4 is 5.32 Å². The number of rotatable bonds is 4. The fourth-order valence-electron chi connectivity index (χ4n) is 3.05. The molecule has 0 bridgehead atoms. The van der Waals surface area contributed by atoms with Gasteiger partial charge < -0.3 is 5.32 Å². The molecular formula is C16H18N6OS. The molecule has 0 fully saturated rings. The summed E-state index contributed by atoms with van der Waals surface area (Å²) in [6, 6.07) is 8.09. The van der Waals surface area contributed by atoms with Gasteiger partial charge in [-0.1, -0.05) is 18.6 Å². The van der Waals surface area contributed by atoms with E-state index in [0.29, 0.717) is 12.4 Å². The molecule has 1 aliphatic rings. The first-order chi connectivity index (χ1) is 11.8. The topological polar surface area (TPSA) is 85.6 Å². The predicted octanol–water partition coefficient (Wildman–Crippen LogP) is 1.91. The van der Waals surface area contributed by atoms with Gasteiger partial charge in [0, 0.05) is 19.5 Å². The lowest BCUT2D eigenvalue weighted by molar-refractivity contribution is -0.122. The molecule has 0 spiro atoms. The van der Waals surface area contributed by atoms with Crippen LogP contribution in [0.15, 0.2) is 24.3 Å². The van der Waals surface area contributed by atoms with Crippen LogP contribution in [-0.4, -0.2) is 37.6 Å². The van der Waals surface area contributed by atoms with Gasteiger partial charge in [0.2, 0.25) is 5.91 Å². The third-order valence-electron chi connectivity index (χ3n) is 4.28. The zero-order chi connectivity index (χ0) is 16.4. The van der Waals surface area contributed by atoms with E-state index in [1.165, 1.54) is 4.70 Å². The van der Waals surface area contributed by atoms with Crippen LogP contribution in [-0.2, 0) is 17.8 Å². The van der Waals surface area contributed by atoms with E-state index in [-0.39, 0.29) is 11.8 Å². The normalized spacial score (nSPS) is 17.4. The molecule has 4 rings (SSSR count). The molecule has 7 nitrogen and oxygen atoms in total. The summed E-state index contributed by atoms with van der Waals surface area (Å²) in [4.78, 5) is 17.1. The average Bonchev–Trinajstić information content (AvgIpc) is 3.16. The Labute approximate surface area is 143 Å². The molecule has 1 aromatic carbocycles. The molecule has 0 saturated heterocycles. The molecule has 1 aliphatic heterocycles. The molecule has 0 aliphatic carbocycles. The van der Waals surface area contributed by atoms with E-state index in [2.05, 4.69) is 31.9 Å². The predicted molar refractivity (Wildman–Crippen MR) is 90.7 cm³/mol. The zero-order valence-electron chi connectivity index (χ0n) is 13.2. The molecule has 24 heavy (non-hydrogen) atoms. The molecule has 0 saturated carbocycles. The second-order valence-electron chi connectivity index (χ2n) is 5.92. The zero-order valence-corrected chi connectivity index (χ0v) is 14.0. The number of para-hydroxylation sites is 1. The highest BCUT2D eigenvalue weighted by molar-refractivity contribution is 7.18. The number of tetrazole rings is 1. The van der Waals surface area contributed by atoms with Gasteiger partial charge in [-0.3, -0.25) is 4.79 Å². The van der Waals surface area contributed by atoms with Crippen molar-refractivity contribution in [1.29, 1.82) is 0 Å². The Morgan fingerprint density at radius 2 is 2.25 bits per heavy atom. The number of hydrogen-bond donors (Lipinski definition) is 1. The highest BCUT2D eigenvalue weighted by Crippen LogP contribution is 2.24. The Morgan fingerprint density at radius 3 is 3.17 bits per heavy atom. The minimum absolute atomic E-state index is 0.00839. The molecule has 124 valence electrons. The number of aromatic nitrogens is 5. The first-order valence-corrected chi connectivity index (χ1v) is 9.01. The number of hydrogen-bond acceptors (Lipinski definition) is 6. The number of amides is 1. The average molecular weight is 342 g/mol. The van der Waals surface area contributed by atoms with Gasteiger partial charge in [0.25, 0.3) is 0 Å². The van der Waals surface area contributed by atoms with E-state index in [1.807, 2.05) is 18.2 Å². The molecule has 0 radical (unpaired) electrons. The van der Waals surface area contributed by atoms with E-state index < -0.39 is 0 Å². The van der Waals surface area contributed by atoms with Crippen molar-refractivity contribution in [1.82, 2.24) is 30.5 Å². The number of aryl methyl sites for hydroxylation is 1. The van der Waals surface area contributed by atoms with Crippen molar-refractivity contribution in [3.05, 3.63) is 35.1 Å². The minimum atomic E-state index is -0.252. The fraction of sp³-hybridized carbons (Fsp3) is 0.438. The second-order valence-corrected chi connectivity index (χ2v) is 7.04. The van der Waals surface area contributed by atoms with Crippen LogP contribution in [0.25, 0.3) is 10.2 Å². The van der Waals surface area contributed by atoms with Crippen molar-refractivity contribution in [2.75, 3.05) is 6.54 Å². The number of carbonyl (C=O) groups excluding carboxylic acids is 1. The van der Waals surface area contributed by atoms with Crippen molar-refractivity contribution < 1.29 is 4.79 Å². The van der Waals surface area contributed by atoms with Crippen LogP contribution in [0, 0.1) is 0 Å². The summed E-state index contributed by atoms with van der Waals surface area (Å²) in [7, 11) is 0. The highest BCUT2D eigenvalue weighted by Gasteiger charge is 2.28. The third kappa shape index (κ3) is 3.01. The SMILES string of the molecule is O=C(NCCc1nc2ccccc2s1)C1CCCCn2nnnc21. The highest BCUT2D eigenvalue weighted by atomic mass is 32.1. The van der Waals surface area contributed by atoms with Gasteiger partial charge >= 0.3 is 0 Å². The molecule has 3 aromatic rings. The first kappa shape index (κ1) is 15.2. The first-order valence-electron chi connectivity index (χ1n) is 8.19. The molecule has 8 heteroatoms. The van der Waals surface area contributed by atoms with Crippen molar-refractivity contribution in [2.45, 2.75) is 38.1 Å². The van der Waals surface area contributed by atoms with Crippen LogP contribution in [0.1, 0.15) is 36.0 Å². The molecule has 2 aromatic heterocycles. The lowest BCUT2D eigenvalue weighted by Gasteiger charge is -2.12. The lowest BCUT2D eigenvalue weighted by Crippen LogP contribution is -2.32. The Bertz CT molecular complexity index is 824. The summed E-state index contributed by atoms with van der Waals surface area (Å²) in [6.45, 7) is 1.37. The fourth-order valence-corrected chi connectivity index (χ4v) is 4.02. The molecule has 1 N–H and O–H groups in total. The summed E-state index contributed by atoms with van der Waals surface area (Å²) in [6.07, 6.45) is 3.55. The van der Waals surface area contributed by atoms with E-state index in [4.69, 9.17) is 0 Å². The Kier molecular flexibility index (Phi) is 4.20. The van der Waals surface area contributed by atoms with E-state index in [9.17, 15) is 4.79 Å². The molecular weight excluding hydrogens is 324 g/mol. The Hall–Kier alpha value is -2.35.